The van der Waals surface area contributed by atoms with E-state index in [-0.39, 0.29) is 5.78 Å². The van der Waals surface area contributed by atoms with Crippen LogP contribution in [0.1, 0.15) is 35.0 Å². The summed E-state index contributed by atoms with van der Waals surface area (Å²) in [6.07, 6.45) is 3.98. The van der Waals surface area contributed by atoms with Crippen molar-refractivity contribution in [2.45, 2.75) is 26.8 Å². The molecule has 6 heteroatoms. The van der Waals surface area contributed by atoms with Crippen molar-refractivity contribution in [3.05, 3.63) is 82.9 Å². The van der Waals surface area contributed by atoms with Gasteiger partial charge < -0.3 is 10.1 Å². The molecule has 32 heavy (non-hydrogen) atoms. The monoisotopic (exact) mass is 445 g/mol. The molecule has 0 unspecified atom stereocenters. The number of halogens is 1. The van der Waals surface area contributed by atoms with Gasteiger partial charge >= 0.3 is 0 Å². The molecule has 0 fully saturated rings. The van der Waals surface area contributed by atoms with Gasteiger partial charge in [-0.05, 0) is 59.8 Å². The Kier molecular flexibility index (Phi) is 6.37. The SMILES string of the molecule is CCC(=O)c1cc(C)c(-c2cc3cnc(Cl)cc3cc2NCc2ccc(OC)cc2)cn1. The standard InChI is InChI=1S/C26H24ClN3O2/c1-4-25(31)24-9-16(2)22(15-29-24)21-10-19-14-30-26(27)12-18(19)11-23(21)28-13-17-5-7-20(32-3)8-6-17/h5-12,14-15,28H,4,13H2,1-3H3. The Hall–Kier alpha value is -3.44. The lowest BCUT2D eigenvalue weighted by molar-refractivity contribution is 0.0983. The molecule has 1 N–H and O–H groups in total. The lowest BCUT2D eigenvalue weighted by Gasteiger charge is -2.16. The first-order chi connectivity index (χ1) is 15.5. The van der Waals surface area contributed by atoms with Crippen molar-refractivity contribution in [1.29, 1.82) is 0 Å². The molecule has 0 bridgehead atoms. The molecule has 5 nitrogen and oxygen atoms in total. The molecular formula is C26H24ClN3O2. The highest BCUT2D eigenvalue weighted by Crippen LogP contribution is 2.35. The van der Waals surface area contributed by atoms with Gasteiger partial charge in [0.05, 0.1) is 7.11 Å². The number of pyridine rings is 2. The van der Waals surface area contributed by atoms with Crippen molar-refractivity contribution in [2.75, 3.05) is 12.4 Å². The number of Topliss-reactive ketones (excluding diaryl/α,β-unsaturated/α-hetero) is 1. The number of carbonyl (C=O) groups is 1. The summed E-state index contributed by atoms with van der Waals surface area (Å²) in [4.78, 5) is 20.7. The third-order valence-electron chi connectivity index (χ3n) is 5.47. The number of ketones is 1. The average Bonchev–Trinajstić information content (AvgIpc) is 2.82. The zero-order valence-corrected chi connectivity index (χ0v) is 19.0. The van der Waals surface area contributed by atoms with Crippen molar-refractivity contribution in [1.82, 2.24) is 9.97 Å². The van der Waals surface area contributed by atoms with Crippen LogP contribution in [-0.4, -0.2) is 22.9 Å². The molecule has 0 spiro atoms. The van der Waals surface area contributed by atoms with Gasteiger partial charge in [0.15, 0.2) is 5.78 Å². The minimum absolute atomic E-state index is 0.0369. The number of methoxy groups -OCH3 is 1. The Morgan fingerprint density at radius 2 is 1.78 bits per heavy atom. The number of carbonyl (C=O) groups excluding carboxylic acids is 1. The Bertz CT molecular complexity index is 1290. The van der Waals surface area contributed by atoms with Crippen LogP contribution in [0, 0.1) is 6.92 Å². The third kappa shape index (κ3) is 4.58. The second kappa shape index (κ2) is 9.37. The molecule has 4 rings (SSSR count). The first-order valence-electron chi connectivity index (χ1n) is 10.4. The molecule has 0 saturated carbocycles. The van der Waals surface area contributed by atoms with E-state index < -0.39 is 0 Å². The quantitative estimate of drug-likeness (QED) is 0.261. The van der Waals surface area contributed by atoms with Crippen LogP contribution in [-0.2, 0) is 6.54 Å². The fourth-order valence-corrected chi connectivity index (χ4v) is 3.81. The van der Waals surface area contributed by atoms with Crippen LogP contribution in [0.4, 0.5) is 5.69 Å². The van der Waals surface area contributed by atoms with Crippen LogP contribution in [0.5, 0.6) is 5.75 Å². The fourth-order valence-electron chi connectivity index (χ4n) is 3.65. The zero-order chi connectivity index (χ0) is 22.7. The molecule has 0 saturated heterocycles. The molecular weight excluding hydrogens is 422 g/mol. The molecule has 4 aromatic rings. The largest absolute Gasteiger partial charge is 0.497 e. The van der Waals surface area contributed by atoms with Crippen molar-refractivity contribution >= 4 is 33.8 Å². The van der Waals surface area contributed by atoms with Crippen LogP contribution in [0.15, 0.2) is 60.9 Å². The average molecular weight is 446 g/mol. The summed E-state index contributed by atoms with van der Waals surface area (Å²) in [5.74, 6) is 0.862. The van der Waals surface area contributed by atoms with Crippen molar-refractivity contribution in [2.24, 2.45) is 0 Å². The summed E-state index contributed by atoms with van der Waals surface area (Å²) in [7, 11) is 1.66. The summed E-state index contributed by atoms with van der Waals surface area (Å²) in [6.45, 7) is 4.48. The number of fused-ring (bicyclic) bond motifs is 1. The van der Waals surface area contributed by atoms with Crippen LogP contribution >= 0.6 is 11.6 Å². The van der Waals surface area contributed by atoms with Gasteiger partial charge in [-0.3, -0.25) is 9.78 Å². The summed E-state index contributed by atoms with van der Waals surface area (Å²) >= 11 is 6.13. The lowest BCUT2D eigenvalue weighted by atomic mass is 9.97. The van der Waals surface area contributed by atoms with Gasteiger partial charge in [-0.25, -0.2) is 4.98 Å². The predicted molar refractivity (Wildman–Crippen MR) is 130 cm³/mol. The van der Waals surface area contributed by atoms with Crippen LogP contribution < -0.4 is 10.1 Å². The van der Waals surface area contributed by atoms with Crippen molar-refractivity contribution < 1.29 is 9.53 Å². The topological polar surface area (TPSA) is 64.1 Å². The van der Waals surface area contributed by atoms with Gasteiger partial charge in [-0.1, -0.05) is 30.7 Å². The second-order valence-corrected chi connectivity index (χ2v) is 8.00. The number of rotatable bonds is 7. The summed E-state index contributed by atoms with van der Waals surface area (Å²) in [5.41, 5.74) is 5.53. The lowest BCUT2D eigenvalue weighted by Crippen LogP contribution is -2.04. The van der Waals surface area contributed by atoms with Gasteiger partial charge in [-0.2, -0.15) is 0 Å². The number of ether oxygens (including phenoxy) is 1. The number of anilines is 1. The van der Waals surface area contributed by atoms with E-state index in [1.54, 1.807) is 19.5 Å². The highest BCUT2D eigenvalue weighted by Gasteiger charge is 2.14. The van der Waals surface area contributed by atoms with Crippen LogP contribution in [0.25, 0.3) is 21.9 Å². The van der Waals surface area contributed by atoms with E-state index in [4.69, 9.17) is 16.3 Å². The first kappa shape index (κ1) is 21.8. The highest BCUT2D eigenvalue weighted by molar-refractivity contribution is 6.30. The van der Waals surface area contributed by atoms with Crippen LogP contribution in [0.3, 0.4) is 0 Å². The van der Waals surface area contributed by atoms with Gasteiger partial charge in [0, 0.05) is 47.6 Å². The van der Waals surface area contributed by atoms with Gasteiger partial charge in [0.2, 0.25) is 0 Å². The van der Waals surface area contributed by atoms with E-state index in [1.165, 1.54) is 0 Å². The van der Waals surface area contributed by atoms with E-state index in [0.29, 0.717) is 23.8 Å². The van der Waals surface area contributed by atoms with Gasteiger partial charge in [-0.15, -0.1) is 0 Å². The maximum absolute atomic E-state index is 12.1. The highest BCUT2D eigenvalue weighted by atomic mass is 35.5. The minimum atomic E-state index is 0.0369. The number of aromatic nitrogens is 2. The molecule has 2 aromatic carbocycles. The number of benzene rings is 2. The van der Waals surface area contributed by atoms with E-state index in [1.807, 2.05) is 50.2 Å². The minimum Gasteiger partial charge on any atom is -0.497 e. The Balaban J connectivity index is 1.76. The van der Waals surface area contributed by atoms with E-state index >= 15 is 0 Å². The van der Waals surface area contributed by atoms with Crippen molar-refractivity contribution in [3.63, 3.8) is 0 Å². The molecule has 2 heterocycles. The Morgan fingerprint density at radius 3 is 2.47 bits per heavy atom. The number of nitrogens with one attached hydrogen (secondary N) is 1. The molecule has 0 aliphatic heterocycles. The number of aryl methyl sites for hydroxylation is 1. The number of hydrogen-bond donors (Lipinski definition) is 1. The van der Waals surface area contributed by atoms with Gasteiger partial charge in [0.25, 0.3) is 0 Å². The maximum atomic E-state index is 12.1. The normalized spacial score (nSPS) is 10.9. The maximum Gasteiger partial charge on any atom is 0.180 e. The van der Waals surface area contributed by atoms with E-state index in [2.05, 4.69) is 27.4 Å². The molecule has 0 atom stereocenters. The van der Waals surface area contributed by atoms with Crippen LogP contribution in [0.2, 0.25) is 5.15 Å². The molecule has 0 aliphatic rings. The summed E-state index contributed by atoms with van der Waals surface area (Å²) in [6, 6.07) is 15.8. The smallest absolute Gasteiger partial charge is 0.180 e. The Labute approximate surface area is 192 Å². The molecule has 0 amide bonds. The number of nitrogens with zero attached hydrogens (tertiary/aromatic N) is 2. The predicted octanol–water partition coefficient (Wildman–Crippen LogP) is 6.47. The van der Waals surface area contributed by atoms with E-state index in [0.717, 1.165) is 44.5 Å². The molecule has 0 radical (unpaired) electrons. The molecule has 0 aliphatic carbocycles. The number of hydrogen-bond acceptors (Lipinski definition) is 5. The fraction of sp³-hybridized carbons (Fsp3) is 0.192. The third-order valence-corrected chi connectivity index (χ3v) is 5.68. The zero-order valence-electron chi connectivity index (χ0n) is 18.3. The molecule has 2 aromatic heterocycles. The first-order valence-corrected chi connectivity index (χ1v) is 10.8. The second-order valence-electron chi connectivity index (χ2n) is 7.61. The summed E-state index contributed by atoms with van der Waals surface area (Å²) in [5, 5.41) is 5.98. The Morgan fingerprint density at radius 1 is 1.00 bits per heavy atom. The van der Waals surface area contributed by atoms with E-state index in [9.17, 15) is 4.79 Å². The summed E-state index contributed by atoms with van der Waals surface area (Å²) < 4.78 is 5.25. The van der Waals surface area contributed by atoms with Gasteiger partial charge in [0.1, 0.15) is 16.6 Å². The molecule has 162 valence electrons. The van der Waals surface area contributed by atoms with Crippen molar-refractivity contribution in [3.8, 4) is 16.9 Å².